The summed E-state index contributed by atoms with van der Waals surface area (Å²) in [4.78, 5) is 34.9. The molecule has 1 heterocycles. The lowest BCUT2D eigenvalue weighted by molar-refractivity contribution is -0.140. The highest BCUT2D eigenvalue weighted by molar-refractivity contribution is 6.00. The SMILES string of the molecule is COC(=O)C(=C(CC=O)C(=O)O)N1CCOCC1. The van der Waals surface area contributed by atoms with E-state index in [0.29, 0.717) is 32.6 Å². The van der Waals surface area contributed by atoms with Gasteiger partial charge in [0.05, 0.1) is 25.9 Å². The van der Waals surface area contributed by atoms with E-state index in [1.807, 2.05) is 0 Å². The van der Waals surface area contributed by atoms with E-state index in [2.05, 4.69) is 4.74 Å². The third kappa shape index (κ3) is 3.30. The number of aliphatic carboxylic acids is 1. The summed E-state index contributed by atoms with van der Waals surface area (Å²) in [7, 11) is 1.17. The molecule has 0 aromatic carbocycles. The largest absolute Gasteiger partial charge is 0.478 e. The van der Waals surface area contributed by atoms with Crippen LogP contribution < -0.4 is 0 Å². The van der Waals surface area contributed by atoms with Crippen LogP contribution in [-0.4, -0.2) is 61.6 Å². The van der Waals surface area contributed by atoms with Gasteiger partial charge in [-0.05, 0) is 0 Å². The molecule has 1 saturated heterocycles. The first kappa shape index (κ1) is 14.2. The van der Waals surface area contributed by atoms with E-state index < -0.39 is 11.9 Å². The summed E-state index contributed by atoms with van der Waals surface area (Å²) in [5.41, 5.74) is -0.320. The smallest absolute Gasteiger partial charge is 0.354 e. The van der Waals surface area contributed by atoms with Crippen molar-refractivity contribution in [3.63, 3.8) is 0 Å². The van der Waals surface area contributed by atoms with E-state index in [-0.39, 0.29) is 17.7 Å². The van der Waals surface area contributed by atoms with Crippen LogP contribution in [0.5, 0.6) is 0 Å². The molecule has 7 heteroatoms. The molecule has 18 heavy (non-hydrogen) atoms. The highest BCUT2D eigenvalue weighted by Gasteiger charge is 2.27. The quantitative estimate of drug-likeness (QED) is 0.400. The number of hydrogen-bond acceptors (Lipinski definition) is 6. The number of hydrogen-bond donors (Lipinski definition) is 1. The van der Waals surface area contributed by atoms with E-state index in [1.54, 1.807) is 4.90 Å². The molecule has 0 atom stereocenters. The molecule has 0 bridgehead atoms. The fraction of sp³-hybridized carbons (Fsp3) is 0.545. The number of carbonyl (C=O) groups excluding carboxylic acids is 2. The Labute approximate surface area is 104 Å². The van der Waals surface area contributed by atoms with Crippen LogP contribution in [0.1, 0.15) is 6.42 Å². The van der Waals surface area contributed by atoms with Crippen molar-refractivity contribution >= 4 is 18.2 Å². The van der Waals surface area contributed by atoms with Gasteiger partial charge in [0, 0.05) is 19.5 Å². The van der Waals surface area contributed by atoms with Gasteiger partial charge in [-0.1, -0.05) is 0 Å². The van der Waals surface area contributed by atoms with Crippen molar-refractivity contribution < 1.29 is 29.0 Å². The molecule has 0 unspecified atom stereocenters. The number of carboxylic acid groups (broad SMARTS) is 1. The Kier molecular flexibility index (Phi) is 5.31. The molecule has 100 valence electrons. The van der Waals surface area contributed by atoms with Crippen molar-refractivity contribution in [3.8, 4) is 0 Å². The first-order chi connectivity index (χ1) is 8.61. The summed E-state index contributed by atoms with van der Waals surface area (Å²) in [6.45, 7) is 1.57. The third-order valence-corrected chi connectivity index (χ3v) is 2.54. The Balaban J connectivity index is 3.14. The Morgan fingerprint density at radius 1 is 1.39 bits per heavy atom. The number of methoxy groups -OCH3 is 1. The zero-order valence-corrected chi connectivity index (χ0v) is 10.0. The van der Waals surface area contributed by atoms with Gasteiger partial charge in [0.1, 0.15) is 12.0 Å². The van der Waals surface area contributed by atoms with Crippen molar-refractivity contribution in [2.45, 2.75) is 6.42 Å². The molecule has 0 aromatic heterocycles. The van der Waals surface area contributed by atoms with Crippen molar-refractivity contribution in [1.29, 1.82) is 0 Å². The number of morpholine rings is 1. The van der Waals surface area contributed by atoms with Gasteiger partial charge < -0.3 is 24.3 Å². The molecule has 1 aliphatic rings. The summed E-state index contributed by atoms with van der Waals surface area (Å²) < 4.78 is 9.71. The topological polar surface area (TPSA) is 93.1 Å². The zero-order chi connectivity index (χ0) is 13.5. The predicted molar refractivity (Wildman–Crippen MR) is 59.8 cm³/mol. The van der Waals surface area contributed by atoms with Crippen molar-refractivity contribution in [1.82, 2.24) is 4.90 Å². The molecule has 0 amide bonds. The Morgan fingerprint density at radius 2 is 2.00 bits per heavy atom. The highest BCUT2D eigenvalue weighted by atomic mass is 16.5. The van der Waals surface area contributed by atoms with Gasteiger partial charge in [0.2, 0.25) is 0 Å². The van der Waals surface area contributed by atoms with Crippen LogP contribution in [0.2, 0.25) is 0 Å². The van der Waals surface area contributed by atoms with Crippen molar-refractivity contribution in [3.05, 3.63) is 11.3 Å². The standard InChI is InChI=1S/C11H15NO6/c1-17-11(16)9(8(2-5-13)10(14)15)12-3-6-18-7-4-12/h5H,2-4,6-7H2,1H3,(H,14,15). The van der Waals surface area contributed by atoms with Gasteiger partial charge in [0.15, 0.2) is 0 Å². The van der Waals surface area contributed by atoms with E-state index >= 15 is 0 Å². The van der Waals surface area contributed by atoms with E-state index in [9.17, 15) is 14.4 Å². The zero-order valence-electron chi connectivity index (χ0n) is 10.0. The van der Waals surface area contributed by atoms with Crippen LogP contribution in [0.3, 0.4) is 0 Å². The van der Waals surface area contributed by atoms with E-state index in [0.717, 1.165) is 0 Å². The maximum Gasteiger partial charge on any atom is 0.354 e. The second-order valence-corrected chi connectivity index (χ2v) is 3.59. The average molecular weight is 257 g/mol. The first-order valence-corrected chi connectivity index (χ1v) is 5.43. The van der Waals surface area contributed by atoms with Gasteiger partial charge in [-0.2, -0.15) is 0 Å². The molecule has 1 fully saturated rings. The predicted octanol–water partition coefficient (Wildman–Crippen LogP) is -0.581. The number of esters is 1. The Morgan fingerprint density at radius 3 is 2.44 bits per heavy atom. The minimum atomic E-state index is -1.30. The van der Waals surface area contributed by atoms with Crippen LogP contribution in [0, 0.1) is 0 Å². The van der Waals surface area contributed by atoms with Gasteiger partial charge >= 0.3 is 11.9 Å². The third-order valence-electron chi connectivity index (χ3n) is 2.54. The molecule has 1 N–H and O–H groups in total. The molecule has 0 aromatic rings. The summed E-state index contributed by atoms with van der Waals surface area (Å²) in [5.74, 6) is -2.05. The number of carboxylic acids is 1. The van der Waals surface area contributed by atoms with Gasteiger partial charge in [-0.15, -0.1) is 0 Å². The van der Waals surface area contributed by atoms with Crippen LogP contribution in [0.15, 0.2) is 11.3 Å². The number of carbonyl (C=O) groups is 3. The summed E-state index contributed by atoms with van der Waals surface area (Å²) in [6.07, 6.45) is 0.115. The van der Waals surface area contributed by atoms with Crippen LogP contribution >= 0.6 is 0 Å². The summed E-state index contributed by atoms with van der Waals surface area (Å²) in [5, 5.41) is 9.07. The molecule has 7 nitrogen and oxygen atoms in total. The monoisotopic (exact) mass is 257 g/mol. The second-order valence-electron chi connectivity index (χ2n) is 3.59. The van der Waals surface area contributed by atoms with Crippen LogP contribution in [0.25, 0.3) is 0 Å². The van der Waals surface area contributed by atoms with Crippen molar-refractivity contribution in [2.24, 2.45) is 0 Å². The number of aldehydes is 1. The lowest BCUT2D eigenvalue weighted by Gasteiger charge is -2.30. The maximum atomic E-state index is 11.7. The van der Waals surface area contributed by atoms with Gasteiger partial charge in [-0.3, -0.25) is 0 Å². The normalized spacial score (nSPS) is 16.8. The molecule has 0 saturated carbocycles. The Bertz CT molecular complexity index is 370. The van der Waals surface area contributed by atoms with E-state index in [1.165, 1.54) is 7.11 Å². The van der Waals surface area contributed by atoms with Crippen LogP contribution in [0.4, 0.5) is 0 Å². The minimum absolute atomic E-state index is 0.0691. The molecular weight excluding hydrogens is 242 g/mol. The first-order valence-electron chi connectivity index (χ1n) is 5.43. The maximum absolute atomic E-state index is 11.7. The number of ether oxygens (including phenoxy) is 2. The average Bonchev–Trinajstić information content (AvgIpc) is 2.39. The van der Waals surface area contributed by atoms with Crippen LogP contribution in [-0.2, 0) is 23.9 Å². The van der Waals surface area contributed by atoms with Gasteiger partial charge in [0.25, 0.3) is 0 Å². The fourth-order valence-corrected chi connectivity index (χ4v) is 1.70. The molecule has 0 aliphatic carbocycles. The number of rotatable bonds is 5. The molecular formula is C11H15NO6. The summed E-state index contributed by atoms with van der Waals surface area (Å²) >= 11 is 0. The summed E-state index contributed by atoms with van der Waals surface area (Å²) in [6, 6.07) is 0. The molecule has 1 aliphatic heterocycles. The van der Waals surface area contributed by atoms with E-state index in [4.69, 9.17) is 9.84 Å². The fourth-order valence-electron chi connectivity index (χ4n) is 1.70. The molecule has 1 rings (SSSR count). The second kappa shape index (κ2) is 6.75. The molecule has 0 spiro atoms. The Hall–Kier alpha value is -1.89. The lowest BCUT2D eigenvalue weighted by atomic mass is 10.1. The van der Waals surface area contributed by atoms with Gasteiger partial charge in [-0.25, -0.2) is 9.59 Å². The number of nitrogens with zero attached hydrogens (tertiary/aromatic N) is 1. The lowest BCUT2D eigenvalue weighted by Crippen LogP contribution is -2.39. The molecule has 0 radical (unpaired) electrons. The van der Waals surface area contributed by atoms with Crippen molar-refractivity contribution in [2.75, 3.05) is 33.4 Å². The minimum Gasteiger partial charge on any atom is -0.478 e. The highest BCUT2D eigenvalue weighted by Crippen LogP contribution is 2.17.